The SMILES string of the molecule is C1CC(CNC2CCNC2)CN1.Cl. The Morgan fingerprint density at radius 3 is 2.46 bits per heavy atom. The number of hydrogen-bond acceptors (Lipinski definition) is 3. The maximum Gasteiger partial charge on any atom is 0.0204 e. The minimum Gasteiger partial charge on any atom is -0.316 e. The summed E-state index contributed by atoms with van der Waals surface area (Å²) in [4.78, 5) is 0. The van der Waals surface area contributed by atoms with Crippen LogP contribution in [0, 0.1) is 5.92 Å². The van der Waals surface area contributed by atoms with E-state index < -0.39 is 0 Å². The first-order chi connectivity index (χ1) is 5.95. The molecule has 2 atom stereocenters. The van der Waals surface area contributed by atoms with E-state index in [2.05, 4.69) is 16.0 Å². The van der Waals surface area contributed by atoms with Gasteiger partial charge < -0.3 is 16.0 Å². The van der Waals surface area contributed by atoms with Crippen molar-refractivity contribution in [2.24, 2.45) is 5.92 Å². The molecule has 2 saturated heterocycles. The zero-order valence-corrected chi connectivity index (χ0v) is 8.83. The molecule has 2 aliphatic heterocycles. The van der Waals surface area contributed by atoms with Crippen LogP contribution >= 0.6 is 12.4 Å². The molecule has 0 amide bonds. The molecule has 0 aliphatic carbocycles. The van der Waals surface area contributed by atoms with Gasteiger partial charge in [0.1, 0.15) is 0 Å². The maximum absolute atomic E-state index is 3.62. The van der Waals surface area contributed by atoms with E-state index >= 15 is 0 Å². The average Bonchev–Trinajstić information content (AvgIpc) is 2.74. The average molecular weight is 206 g/mol. The molecule has 0 radical (unpaired) electrons. The minimum absolute atomic E-state index is 0. The van der Waals surface area contributed by atoms with E-state index in [1.54, 1.807) is 0 Å². The Morgan fingerprint density at radius 2 is 1.85 bits per heavy atom. The molecule has 0 saturated carbocycles. The Kier molecular flexibility index (Phi) is 5.02. The number of nitrogens with one attached hydrogen (secondary N) is 3. The normalized spacial score (nSPS) is 33.2. The van der Waals surface area contributed by atoms with Gasteiger partial charge in [0.2, 0.25) is 0 Å². The van der Waals surface area contributed by atoms with Crippen molar-refractivity contribution in [2.75, 3.05) is 32.7 Å². The van der Waals surface area contributed by atoms with Crippen LogP contribution < -0.4 is 16.0 Å². The predicted octanol–water partition coefficient (Wildman–Crippen LogP) is -0.0308. The molecule has 0 aromatic heterocycles. The van der Waals surface area contributed by atoms with Gasteiger partial charge in [-0.05, 0) is 44.9 Å². The van der Waals surface area contributed by atoms with Crippen molar-refractivity contribution in [1.29, 1.82) is 0 Å². The molecule has 0 aromatic rings. The van der Waals surface area contributed by atoms with E-state index in [4.69, 9.17) is 0 Å². The zero-order valence-electron chi connectivity index (χ0n) is 8.01. The molecule has 2 rings (SSSR count). The van der Waals surface area contributed by atoms with Crippen molar-refractivity contribution in [2.45, 2.75) is 18.9 Å². The van der Waals surface area contributed by atoms with Crippen LogP contribution in [0.5, 0.6) is 0 Å². The first kappa shape index (κ1) is 11.2. The van der Waals surface area contributed by atoms with Crippen LogP contribution in [0.1, 0.15) is 12.8 Å². The zero-order chi connectivity index (χ0) is 8.23. The molecule has 3 nitrogen and oxygen atoms in total. The third-order valence-corrected chi connectivity index (χ3v) is 2.92. The minimum atomic E-state index is 0. The summed E-state index contributed by atoms with van der Waals surface area (Å²) in [6.07, 6.45) is 2.66. The quantitative estimate of drug-likeness (QED) is 0.606. The second-order valence-corrected chi connectivity index (χ2v) is 3.96. The van der Waals surface area contributed by atoms with E-state index in [1.807, 2.05) is 0 Å². The van der Waals surface area contributed by atoms with Crippen LogP contribution in [-0.4, -0.2) is 38.8 Å². The Balaban J connectivity index is 0.000000845. The first-order valence-corrected chi connectivity index (χ1v) is 5.10. The predicted molar refractivity (Wildman–Crippen MR) is 57.5 cm³/mol. The van der Waals surface area contributed by atoms with Crippen LogP contribution in [0.4, 0.5) is 0 Å². The van der Waals surface area contributed by atoms with Crippen molar-refractivity contribution in [3.63, 3.8) is 0 Å². The number of rotatable bonds is 3. The lowest BCUT2D eigenvalue weighted by Crippen LogP contribution is -2.35. The summed E-state index contributed by atoms with van der Waals surface area (Å²) in [5, 5.41) is 10.4. The standard InChI is InChI=1S/C9H19N3.ClH/c1-3-10-5-8(1)6-12-9-2-4-11-7-9;/h8-12H,1-7H2;1H. The largest absolute Gasteiger partial charge is 0.316 e. The van der Waals surface area contributed by atoms with Gasteiger partial charge in [0, 0.05) is 12.6 Å². The second kappa shape index (κ2) is 5.81. The monoisotopic (exact) mass is 205 g/mol. The summed E-state index contributed by atoms with van der Waals surface area (Å²) in [5.74, 6) is 0.880. The van der Waals surface area contributed by atoms with Gasteiger partial charge in [-0.25, -0.2) is 0 Å². The Labute approximate surface area is 86.4 Å². The molecule has 2 fully saturated rings. The lowest BCUT2D eigenvalue weighted by Gasteiger charge is -2.14. The van der Waals surface area contributed by atoms with E-state index in [0.29, 0.717) is 0 Å². The van der Waals surface area contributed by atoms with Gasteiger partial charge in [-0.15, -0.1) is 12.4 Å². The van der Waals surface area contributed by atoms with Gasteiger partial charge >= 0.3 is 0 Å². The fourth-order valence-corrected chi connectivity index (χ4v) is 2.05. The van der Waals surface area contributed by atoms with Crippen LogP contribution in [0.2, 0.25) is 0 Å². The van der Waals surface area contributed by atoms with Gasteiger partial charge in [-0.2, -0.15) is 0 Å². The molecule has 2 aliphatic rings. The Hall–Kier alpha value is 0.170. The molecular weight excluding hydrogens is 186 g/mol. The summed E-state index contributed by atoms with van der Waals surface area (Å²) in [5.41, 5.74) is 0. The molecule has 2 unspecified atom stereocenters. The Bertz CT molecular complexity index is 115. The fourth-order valence-electron chi connectivity index (χ4n) is 2.05. The molecular formula is C9H20ClN3. The van der Waals surface area contributed by atoms with Crippen molar-refractivity contribution in [3.05, 3.63) is 0 Å². The van der Waals surface area contributed by atoms with Gasteiger partial charge in [-0.1, -0.05) is 0 Å². The van der Waals surface area contributed by atoms with E-state index in [-0.39, 0.29) is 12.4 Å². The molecule has 3 N–H and O–H groups in total. The molecule has 13 heavy (non-hydrogen) atoms. The molecule has 0 spiro atoms. The van der Waals surface area contributed by atoms with Crippen LogP contribution in [0.15, 0.2) is 0 Å². The highest BCUT2D eigenvalue weighted by molar-refractivity contribution is 5.85. The second-order valence-electron chi connectivity index (χ2n) is 3.96. The summed E-state index contributed by atoms with van der Waals surface area (Å²) in [7, 11) is 0. The van der Waals surface area contributed by atoms with Gasteiger partial charge in [0.05, 0.1) is 0 Å². The van der Waals surface area contributed by atoms with Gasteiger partial charge in [-0.3, -0.25) is 0 Å². The van der Waals surface area contributed by atoms with Crippen molar-refractivity contribution >= 4 is 12.4 Å². The van der Waals surface area contributed by atoms with Crippen LogP contribution in [-0.2, 0) is 0 Å². The van der Waals surface area contributed by atoms with E-state index in [1.165, 1.54) is 45.6 Å². The maximum atomic E-state index is 3.62. The highest BCUT2D eigenvalue weighted by Crippen LogP contribution is 2.06. The van der Waals surface area contributed by atoms with Crippen molar-refractivity contribution in [3.8, 4) is 0 Å². The highest BCUT2D eigenvalue weighted by Gasteiger charge is 2.18. The summed E-state index contributed by atoms with van der Waals surface area (Å²) in [6, 6.07) is 0.741. The Morgan fingerprint density at radius 1 is 1.08 bits per heavy atom. The number of hydrogen-bond donors (Lipinski definition) is 3. The lowest BCUT2D eigenvalue weighted by molar-refractivity contribution is 0.460. The fraction of sp³-hybridized carbons (Fsp3) is 1.00. The number of halogens is 1. The lowest BCUT2D eigenvalue weighted by atomic mass is 10.1. The topological polar surface area (TPSA) is 36.1 Å². The third kappa shape index (κ3) is 3.43. The van der Waals surface area contributed by atoms with E-state index in [0.717, 1.165) is 12.0 Å². The molecule has 4 heteroatoms. The van der Waals surface area contributed by atoms with E-state index in [9.17, 15) is 0 Å². The van der Waals surface area contributed by atoms with Crippen LogP contribution in [0.3, 0.4) is 0 Å². The summed E-state index contributed by atoms with van der Waals surface area (Å²) >= 11 is 0. The van der Waals surface area contributed by atoms with Gasteiger partial charge in [0.25, 0.3) is 0 Å². The highest BCUT2D eigenvalue weighted by atomic mass is 35.5. The summed E-state index contributed by atoms with van der Waals surface area (Å²) in [6.45, 7) is 6.00. The van der Waals surface area contributed by atoms with Crippen LogP contribution in [0.25, 0.3) is 0 Å². The third-order valence-electron chi connectivity index (χ3n) is 2.92. The first-order valence-electron chi connectivity index (χ1n) is 5.10. The molecule has 0 bridgehead atoms. The van der Waals surface area contributed by atoms with Crippen molar-refractivity contribution < 1.29 is 0 Å². The van der Waals surface area contributed by atoms with Gasteiger partial charge in [0.15, 0.2) is 0 Å². The molecule has 2 heterocycles. The van der Waals surface area contributed by atoms with Crippen molar-refractivity contribution in [1.82, 2.24) is 16.0 Å². The summed E-state index contributed by atoms with van der Waals surface area (Å²) < 4.78 is 0. The molecule has 0 aromatic carbocycles. The molecule has 78 valence electrons. The smallest absolute Gasteiger partial charge is 0.0204 e.